The third-order valence-corrected chi connectivity index (χ3v) is 17.1. The standard InChI is InChI=1S/C25H31N5O4.C20H23N5O2.C18H18ClN3O2.C9H18N2O2.CH4/c1-15-8-7-9-16(2)20(15)21-17(3)27-30-19(14-18(23(31)32)26-22(21)30)28-10-12-29(13-11-28)24(33)34-25(4,5)6;1-12-5-4-6-13(2)17(12)18-14(3)23-25-16(24-9-7-21-8-10-24)11-15(20(26)27)22-19(18)25;1-5-24-18(23)13-9-14(19)22-17(20-13)16(12(4)21-22)15-10(2)7-6-8-11(15)3;1-9(2,3)13-8(12)11-6-4-10-5-7-11;/h7-9,14H,10-13H2,1-6H3,(H,31,32);4-6,11,21H,7-10H2,1-3H3,(H,26,27);6-9H,5H2,1-4H3;10H,4-7H2,1-3H3;1H4. The Balaban J connectivity index is 0.000000175. The number of carbonyl (C=O) groups excluding carboxylic acids is 3. The van der Waals surface area contributed by atoms with E-state index in [0.717, 1.165) is 142 Å². The lowest BCUT2D eigenvalue weighted by atomic mass is 9.96. The predicted molar refractivity (Wildman–Crippen MR) is 385 cm³/mol. The SMILES string of the molecule is C.CC(C)(C)OC(=O)N1CCNCC1.CCOC(=O)c1cc(Cl)n2nc(C)c(-c3c(C)cccc3C)c2n1.Cc1cccc(C)c1-c1c(C)nn2c(N3CCN(C(=O)OC(C)(C)C)CC3)cc(C(=O)O)nc12.Cc1cccc(C)c1-c1c(C)nn2c(N3CCNCC3)cc(C(=O)O)nc12. The second-order valence-electron chi connectivity index (χ2n) is 26.6. The van der Waals surface area contributed by atoms with Crippen molar-refractivity contribution in [1.29, 1.82) is 0 Å². The average Bonchev–Trinajstić information content (AvgIpc) is 1.64. The van der Waals surface area contributed by atoms with Crippen LogP contribution in [0.25, 0.3) is 50.3 Å². The van der Waals surface area contributed by atoms with E-state index in [1.165, 1.54) is 6.07 Å². The molecule has 4 N–H and O–H groups in total. The number of ether oxygens (including phenoxy) is 3. The second-order valence-corrected chi connectivity index (χ2v) is 27.0. The first-order valence-electron chi connectivity index (χ1n) is 32.9. The van der Waals surface area contributed by atoms with E-state index < -0.39 is 23.5 Å². The Labute approximate surface area is 583 Å². The maximum Gasteiger partial charge on any atom is 0.410 e. The van der Waals surface area contributed by atoms with Gasteiger partial charge in [-0.2, -0.15) is 24.3 Å². The maximum absolute atomic E-state index is 12.5. The van der Waals surface area contributed by atoms with E-state index in [4.69, 9.17) is 36.0 Å². The molecule has 2 amide bonds. The van der Waals surface area contributed by atoms with Gasteiger partial charge in [-0.3, -0.25) is 0 Å². The number of benzene rings is 3. The number of piperazine rings is 3. The lowest BCUT2D eigenvalue weighted by Gasteiger charge is -2.36. The Kier molecular flexibility index (Phi) is 23.8. The number of aromatic nitrogens is 9. The fourth-order valence-electron chi connectivity index (χ4n) is 12.3. The Morgan fingerprint density at radius 2 is 0.788 bits per heavy atom. The zero-order valence-corrected chi connectivity index (χ0v) is 59.7. The predicted octanol–water partition coefficient (Wildman–Crippen LogP) is 12.1. The molecule has 0 atom stereocenters. The number of esters is 1. The monoisotopic (exact) mass is 1380 g/mol. The van der Waals surface area contributed by atoms with Crippen LogP contribution in [0.1, 0.15) is 138 Å². The van der Waals surface area contributed by atoms with Gasteiger partial charge < -0.3 is 54.7 Å². The molecule has 0 aliphatic carbocycles. The molecule has 0 unspecified atom stereocenters. The number of anilines is 2. The van der Waals surface area contributed by atoms with Crippen LogP contribution in [-0.2, 0) is 14.2 Å². The third-order valence-electron chi connectivity index (χ3n) is 16.8. The zero-order chi connectivity index (χ0) is 71.2. The molecule has 25 nitrogen and oxygen atoms in total. The lowest BCUT2D eigenvalue weighted by molar-refractivity contribution is 0.0222. The summed E-state index contributed by atoms with van der Waals surface area (Å²) in [5, 5.41) is 40.2. The highest BCUT2D eigenvalue weighted by Gasteiger charge is 2.31. The summed E-state index contributed by atoms with van der Waals surface area (Å²) < 4.78 is 20.9. The molecule has 6 aromatic heterocycles. The van der Waals surface area contributed by atoms with Gasteiger partial charge in [0.2, 0.25) is 0 Å². The number of rotatable bonds is 9. The van der Waals surface area contributed by atoms with Crippen molar-refractivity contribution in [1.82, 2.24) is 64.2 Å². The molecule has 3 saturated heterocycles. The Morgan fingerprint density at radius 1 is 0.465 bits per heavy atom. The van der Waals surface area contributed by atoms with Crippen molar-refractivity contribution in [2.45, 2.75) is 129 Å². The molecule has 3 fully saturated rings. The highest BCUT2D eigenvalue weighted by atomic mass is 35.5. The van der Waals surface area contributed by atoms with Gasteiger partial charge in [0.05, 0.1) is 40.4 Å². The number of nitrogens with one attached hydrogen (secondary N) is 2. The molecular formula is C73H94ClN15O10. The number of amides is 2. The summed E-state index contributed by atoms with van der Waals surface area (Å²) in [5.74, 6) is -1.19. The quantitative estimate of drug-likeness (QED) is 0.0593. The van der Waals surface area contributed by atoms with Gasteiger partial charge in [-0.25, -0.2) is 43.4 Å². The minimum atomic E-state index is -1.09. The molecule has 12 rings (SSSR count). The van der Waals surface area contributed by atoms with Crippen LogP contribution in [0, 0.1) is 62.3 Å². The minimum absolute atomic E-state index is 0. The van der Waals surface area contributed by atoms with E-state index in [2.05, 4.69) is 61.6 Å². The molecule has 528 valence electrons. The first-order chi connectivity index (χ1) is 46.4. The van der Waals surface area contributed by atoms with Crippen molar-refractivity contribution in [3.63, 3.8) is 0 Å². The van der Waals surface area contributed by atoms with Gasteiger partial charge >= 0.3 is 30.1 Å². The number of carboxylic acid groups (broad SMARTS) is 2. The largest absolute Gasteiger partial charge is 0.477 e. The molecule has 99 heavy (non-hydrogen) atoms. The van der Waals surface area contributed by atoms with Gasteiger partial charge in [0.1, 0.15) is 28.0 Å². The number of halogens is 1. The van der Waals surface area contributed by atoms with E-state index in [0.29, 0.717) is 54.1 Å². The van der Waals surface area contributed by atoms with Gasteiger partial charge in [-0.05, 0) is 161 Å². The summed E-state index contributed by atoms with van der Waals surface area (Å²) in [7, 11) is 0. The van der Waals surface area contributed by atoms with Gasteiger partial charge in [0, 0.05) is 96.7 Å². The third kappa shape index (κ3) is 17.2. The van der Waals surface area contributed by atoms with Crippen molar-refractivity contribution < 1.29 is 48.4 Å². The van der Waals surface area contributed by atoms with Gasteiger partial charge in [-0.15, -0.1) is 0 Å². The molecule has 3 aliphatic rings. The summed E-state index contributed by atoms with van der Waals surface area (Å²) in [6.45, 7) is 39.8. The maximum atomic E-state index is 12.5. The number of fused-ring (bicyclic) bond motifs is 3. The van der Waals surface area contributed by atoms with Crippen LogP contribution in [0.15, 0.2) is 72.8 Å². The van der Waals surface area contributed by atoms with Crippen molar-refractivity contribution in [3.05, 3.63) is 145 Å². The van der Waals surface area contributed by atoms with E-state index >= 15 is 0 Å². The first-order valence-corrected chi connectivity index (χ1v) is 33.3. The normalized spacial score (nSPS) is 14.1. The molecule has 3 aliphatic heterocycles. The lowest BCUT2D eigenvalue weighted by Crippen LogP contribution is -2.50. The van der Waals surface area contributed by atoms with E-state index in [9.17, 15) is 34.2 Å². The van der Waals surface area contributed by atoms with Crippen LogP contribution in [0.3, 0.4) is 0 Å². The van der Waals surface area contributed by atoms with Crippen molar-refractivity contribution in [3.8, 4) is 33.4 Å². The first kappa shape index (κ1) is 75.1. The van der Waals surface area contributed by atoms with Gasteiger partial charge in [-0.1, -0.05) is 73.6 Å². The number of carbonyl (C=O) groups is 5. The Bertz CT molecular complexity index is 4410. The fraction of sp³-hybridized carbons (Fsp3) is 0.438. The highest BCUT2D eigenvalue weighted by Crippen LogP contribution is 2.38. The molecule has 9 aromatic rings. The van der Waals surface area contributed by atoms with Crippen LogP contribution in [0.4, 0.5) is 21.2 Å². The van der Waals surface area contributed by atoms with Gasteiger partial charge in [0.15, 0.2) is 34.0 Å². The smallest absolute Gasteiger partial charge is 0.410 e. The molecule has 0 radical (unpaired) electrons. The van der Waals surface area contributed by atoms with Crippen molar-refractivity contribution in [2.24, 2.45) is 0 Å². The van der Waals surface area contributed by atoms with Crippen LogP contribution >= 0.6 is 11.6 Å². The van der Waals surface area contributed by atoms with Crippen LogP contribution in [0.5, 0.6) is 0 Å². The molecular weight excluding hydrogens is 1280 g/mol. The van der Waals surface area contributed by atoms with E-state index in [1.807, 2.05) is 137 Å². The number of carboxylic acids is 2. The molecule has 3 aromatic carbocycles. The topological polar surface area (TPSA) is 281 Å². The second kappa shape index (κ2) is 31.4. The summed E-state index contributed by atoms with van der Waals surface area (Å²) >= 11 is 6.31. The molecule has 0 bridgehead atoms. The number of aromatic carboxylic acids is 2. The fourth-order valence-corrected chi connectivity index (χ4v) is 12.5. The zero-order valence-electron chi connectivity index (χ0n) is 59.0. The number of nitrogens with zero attached hydrogens (tertiary/aromatic N) is 13. The van der Waals surface area contributed by atoms with Crippen LogP contribution < -0.4 is 20.4 Å². The number of hydrogen-bond donors (Lipinski definition) is 4. The molecule has 9 heterocycles. The van der Waals surface area contributed by atoms with E-state index in [-0.39, 0.29) is 48.9 Å². The summed E-state index contributed by atoms with van der Waals surface area (Å²) in [6.07, 6.45) is -0.542. The molecule has 26 heteroatoms. The van der Waals surface area contributed by atoms with E-state index in [1.54, 1.807) is 42.4 Å². The van der Waals surface area contributed by atoms with Crippen molar-refractivity contribution in [2.75, 3.05) is 94.9 Å². The van der Waals surface area contributed by atoms with Crippen LogP contribution in [-0.4, -0.2) is 190 Å². The van der Waals surface area contributed by atoms with Crippen molar-refractivity contribution >= 4 is 70.3 Å². The summed E-state index contributed by atoms with van der Waals surface area (Å²) in [5.41, 5.74) is 15.8. The number of aryl methyl sites for hydroxylation is 9. The minimum Gasteiger partial charge on any atom is -0.477 e. The summed E-state index contributed by atoms with van der Waals surface area (Å²) in [6, 6.07) is 23.0. The Morgan fingerprint density at radius 3 is 1.14 bits per heavy atom. The van der Waals surface area contributed by atoms with Gasteiger partial charge in [0.25, 0.3) is 0 Å². The van der Waals surface area contributed by atoms with Crippen LogP contribution in [0.2, 0.25) is 5.15 Å². The molecule has 0 spiro atoms. The molecule has 0 saturated carbocycles. The average molecular weight is 1380 g/mol. The summed E-state index contributed by atoms with van der Waals surface area (Å²) in [4.78, 5) is 80.8. The Hall–Kier alpha value is -9.72. The number of hydrogen-bond acceptors (Lipinski definition) is 18. The highest BCUT2D eigenvalue weighted by molar-refractivity contribution is 6.30.